The van der Waals surface area contributed by atoms with E-state index in [0.29, 0.717) is 21.6 Å². The van der Waals surface area contributed by atoms with Crippen molar-refractivity contribution in [3.8, 4) is 0 Å². The van der Waals surface area contributed by atoms with E-state index in [4.69, 9.17) is 34.8 Å². The molecule has 3 nitrogen and oxygen atoms in total. The van der Waals surface area contributed by atoms with E-state index in [1.165, 1.54) is 0 Å². The summed E-state index contributed by atoms with van der Waals surface area (Å²) in [5.74, 6) is 0. The number of aliphatic hydroxyl groups excluding tert-OH is 1. The first-order valence-corrected chi connectivity index (χ1v) is 11.1. The maximum Gasteiger partial charge on any atom is 0.0916 e. The van der Waals surface area contributed by atoms with Gasteiger partial charge in [-0.1, -0.05) is 77.3 Å². The number of aliphatic hydroxyl groups is 1. The average Bonchev–Trinajstić information content (AvgIpc) is 2.75. The van der Waals surface area contributed by atoms with Crippen LogP contribution >= 0.6 is 34.8 Å². The van der Waals surface area contributed by atoms with Crippen molar-refractivity contribution >= 4 is 40.5 Å². The van der Waals surface area contributed by atoms with Crippen LogP contribution in [-0.2, 0) is 0 Å². The Kier molecular flexibility index (Phi) is 6.87. The molecule has 0 aliphatic carbocycles. The molecule has 0 bridgehead atoms. The van der Waals surface area contributed by atoms with Gasteiger partial charge < -0.3 is 10.0 Å². The van der Waals surface area contributed by atoms with Gasteiger partial charge in [-0.15, -0.1) is 0 Å². The van der Waals surface area contributed by atoms with Crippen LogP contribution in [0.1, 0.15) is 23.3 Å². The van der Waals surface area contributed by atoms with Crippen molar-refractivity contribution < 1.29 is 5.11 Å². The van der Waals surface area contributed by atoms with Gasteiger partial charge in [-0.3, -0.25) is 4.90 Å². The van der Waals surface area contributed by atoms with Crippen molar-refractivity contribution in [1.82, 2.24) is 4.90 Å². The lowest BCUT2D eigenvalue weighted by Gasteiger charge is -2.44. The molecule has 1 aliphatic heterocycles. The van der Waals surface area contributed by atoms with Crippen LogP contribution in [-0.4, -0.2) is 36.2 Å². The minimum absolute atomic E-state index is 0.0812. The van der Waals surface area contributed by atoms with Gasteiger partial charge in [0.25, 0.3) is 0 Å². The van der Waals surface area contributed by atoms with E-state index in [1.54, 1.807) is 6.07 Å². The van der Waals surface area contributed by atoms with Crippen LogP contribution in [0.5, 0.6) is 0 Å². The van der Waals surface area contributed by atoms with E-state index in [-0.39, 0.29) is 6.04 Å². The molecule has 1 heterocycles. The van der Waals surface area contributed by atoms with Gasteiger partial charge in [-0.2, -0.15) is 0 Å². The fraction of sp³-hybridized carbons (Fsp3) is 0.250. The minimum atomic E-state index is -0.525. The van der Waals surface area contributed by atoms with E-state index in [1.807, 2.05) is 54.6 Å². The van der Waals surface area contributed by atoms with Crippen LogP contribution in [0.15, 0.2) is 72.8 Å². The van der Waals surface area contributed by atoms with E-state index < -0.39 is 6.10 Å². The average molecular weight is 462 g/mol. The predicted octanol–water partition coefficient (Wildman–Crippen LogP) is 6.24. The van der Waals surface area contributed by atoms with Gasteiger partial charge >= 0.3 is 0 Å². The molecule has 0 unspecified atom stereocenters. The monoisotopic (exact) mass is 460 g/mol. The van der Waals surface area contributed by atoms with Crippen molar-refractivity contribution in [3.05, 3.63) is 99.0 Å². The molecule has 1 fully saturated rings. The summed E-state index contributed by atoms with van der Waals surface area (Å²) >= 11 is 18.8. The number of rotatable bonds is 5. The molecule has 3 aromatic carbocycles. The Bertz CT molecular complexity index is 982. The van der Waals surface area contributed by atoms with Crippen molar-refractivity contribution in [3.63, 3.8) is 0 Å². The van der Waals surface area contributed by atoms with Gasteiger partial charge in [0.15, 0.2) is 0 Å². The molecule has 0 spiro atoms. The highest BCUT2D eigenvalue weighted by atomic mass is 35.5. The van der Waals surface area contributed by atoms with Crippen LogP contribution in [0.25, 0.3) is 0 Å². The molecule has 30 heavy (non-hydrogen) atoms. The summed E-state index contributed by atoms with van der Waals surface area (Å²) in [7, 11) is 0. The molecular formula is C24H23Cl3N2O. The Hall–Kier alpha value is -1.75. The van der Waals surface area contributed by atoms with Gasteiger partial charge in [0.1, 0.15) is 0 Å². The molecule has 0 aromatic heterocycles. The molecule has 1 saturated heterocycles. The Balaban J connectivity index is 1.59. The molecule has 0 saturated carbocycles. The standard InChI is InChI=1S/C24H23Cl3N2O/c25-19-8-6-17(7-9-19)23-15-28(16-24(30)18-4-2-1-3-5-18)12-13-29(23)22-11-10-20(26)14-21(22)27/h1-11,14,23-24,30H,12-13,15-16H2/t23-,24-/m0/s1. The third-order valence-corrected chi connectivity index (χ3v) is 6.34. The lowest BCUT2D eigenvalue weighted by molar-refractivity contribution is 0.100. The topological polar surface area (TPSA) is 26.7 Å². The Morgan fingerprint density at radius 3 is 2.27 bits per heavy atom. The summed E-state index contributed by atoms with van der Waals surface area (Å²) in [6.07, 6.45) is -0.525. The summed E-state index contributed by atoms with van der Waals surface area (Å²) in [6.45, 7) is 2.96. The molecule has 1 N–H and O–H groups in total. The molecule has 0 amide bonds. The molecule has 4 rings (SSSR count). The van der Waals surface area contributed by atoms with Gasteiger partial charge in [-0.05, 0) is 41.5 Å². The lowest BCUT2D eigenvalue weighted by Crippen LogP contribution is -2.49. The highest BCUT2D eigenvalue weighted by Gasteiger charge is 2.30. The first-order chi connectivity index (χ1) is 14.5. The molecule has 0 radical (unpaired) electrons. The summed E-state index contributed by atoms with van der Waals surface area (Å²) in [6, 6.07) is 23.4. The molecule has 6 heteroatoms. The number of anilines is 1. The summed E-state index contributed by atoms with van der Waals surface area (Å²) in [4.78, 5) is 4.62. The number of hydrogen-bond acceptors (Lipinski definition) is 3. The molecule has 1 aliphatic rings. The maximum atomic E-state index is 10.7. The van der Waals surface area contributed by atoms with Crippen LogP contribution in [0, 0.1) is 0 Å². The second-order valence-electron chi connectivity index (χ2n) is 7.54. The summed E-state index contributed by atoms with van der Waals surface area (Å²) < 4.78 is 0. The minimum Gasteiger partial charge on any atom is -0.387 e. The SMILES string of the molecule is O[C@@H](CN1CCN(c2ccc(Cl)cc2Cl)[C@H](c2ccc(Cl)cc2)C1)c1ccccc1. The van der Waals surface area contributed by atoms with Crippen molar-refractivity contribution in [2.24, 2.45) is 0 Å². The smallest absolute Gasteiger partial charge is 0.0916 e. The zero-order chi connectivity index (χ0) is 21.1. The highest BCUT2D eigenvalue weighted by Crippen LogP contribution is 2.37. The largest absolute Gasteiger partial charge is 0.387 e. The van der Waals surface area contributed by atoms with Crippen LogP contribution in [0.2, 0.25) is 15.1 Å². The lowest BCUT2D eigenvalue weighted by atomic mass is 10.0. The summed E-state index contributed by atoms with van der Waals surface area (Å²) in [5.41, 5.74) is 3.05. The normalized spacial score (nSPS) is 18.4. The Labute approximate surface area is 192 Å². The zero-order valence-corrected chi connectivity index (χ0v) is 18.7. The third kappa shape index (κ3) is 4.93. The zero-order valence-electron chi connectivity index (χ0n) is 16.4. The fourth-order valence-corrected chi connectivity index (χ4v) is 4.65. The Morgan fingerprint density at radius 2 is 1.57 bits per heavy atom. The number of nitrogens with zero attached hydrogens (tertiary/aromatic N) is 2. The fourth-order valence-electron chi connectivity index (χ4n) is 4.00. The van der Waals surface area contributed by atoms with Crippen molar-refractivity contribution in [2.75, 3.05) is 31.1 Å². The predicted molar refractivity (Wildman–Crippen MR) is 126 cm³/mol. The van der Waals surface area contributed by atoms with Crippen LogP contribution in [0.3, 0.4) is 0 Å². The highest BCUT2D eigenvalue weighted by molar-refractivity contribution is 6.36. The number of β-amino-alcohol motifs (C(OH)–C–C–N with tert-alkyl or cyclic N) is 1. The Morgan fingerprint density at radius 1 is 0.867 bits per heavy atom. The van der Waals surface area contributed by atoms with Crippen LogP contribution in [0.4, 0.5) is 5.69 Å². The third-order valence-electron chi connectivity index (χ3n) is 5.55. The van der Waals surface area contributed by atoms with E-state index in [2.05, 4.69) is 21.9 Å². The van der Waals surface area contributed by atoms with Crippen molar-refractivity contribution in [2.45, 2.75) is 12.1 Å². The second kappa shape index (κ2) is 9.59. The first-order valence-electron chi connectivity index (χ1n) is 9.94. The maximum absolute atomic E-state index is 10.7. The van der Waals surface area contributed by atoms with Gasteiger partial charge in [-0.25, -0.2) is 0 Å². The molecule has 2 atom stereocenters. The van der Waals surface area contributed by atoms with E-state index >= 15 is 0 Å². The van der Waals surface area contributed by atoms with Gasteiger partial charge in [0.2, 0.25) is 0 Å². The number of hydrogen-bond donors (Lipinski definition) is 1. The number of halogens is 3. The van der Waals surface area contributed by atoms with Crippen molar-refractivity contribution in [1.29, 1.82) is 0 Å². The van der Waals surface area contributed by atoms with Gasteiger partial charge in [0, 0.05) is 36.2 Å². The summed E-state index contributed by atoms with van der Waals surface area (Å²) in [5, 5.41) is 12.7. The van der Waals surface area contributed by atoms with Crippen LogP contribution < -0.4 is 4.90 Å². The number of piperazine rings is 1. The van der Waals surface area contributed by atoms with E-state index in [0.717, 1.165) is 36.4 Å². The van der Waals surface area contributed by atoms with Gasteiger partial charge in [0.05, 0.1) is 22.9 Å². The first kappa shape index (κ1) is 21.5. The molecule has 3 aromatic rings. The van der Waals surface area contributed by atoms with E-state index in [9.17, 15) is 5.11 Å². The quantitative estimate of drug-likeness (QED) is 0.487. The second-order valence-corrected chi connectivity index (χ2v) is 8.82. The molecular weight excluding hydrogens is 439 g/mol. The number of benzene rings is 3. The molecule has 156 valence electrons.